The first-order valence-corrected chi connectivity index (χ1v) is 9.73. The Morgan fingerprint density at radius 3 is 2.67 bits per heavy atom. The zero-order valence-electron chi connectivity index (χ0n) is 16.4. The normalized spacial score (nSPS) is 10.9. The zero-order valence-corrected chi connectivity index (χ0v) is 17.3. The average Bonchev–Trinajstić information content (AvgIpc) is 3.37. The van der Waals surface area contributed by atoms with Crippen molar-refractivity contribution in [3.63, 3.8) is 0 Å². The summed E-state index contributed by atoms with van der Waals surface area (Å²) in [5, 5.41) is 15.1. The third-order valence-electron chi connectivity index (χ3n) is 4.50. The van der Waals surface area contributed by atoms with Gasteiger partial charge in [0.2, 0.25) is 5.95 Å². The first-order chi connectivity index (χ1) is 14.5. The second kappa shape index (κ2) is 7.95. The highest BCUT2D eigenvalue weighted by atomic mass is 32.1. The number of thiophene rings is 1. The van der Waals surface area contributed by atoms with Gasteiger partial charge in [0, 0.05) is 25.0 Å². The molecule has 0 unspecified atom stereocenters. The topological polar surface area (TPSA) is 117 Å². The summed E-state index contributed by atoms with van der Waals surface area (Å²) in [4.78, 5) is 24.7. The van der Waals surface area contributed by atoms with Crippen molar-refractivity contribution in [1.29, 1.82) is 0 Å². The monoisotopic (exact) mass is 426 g/mol. The van der Waals surface area contributed by atoms with Gasteiger partial charge >= 0.3 is 5.00 Å². The van der Waals surface area contributed by atoms with Crippen LogP contribution in [0.1, 0.15) is 11.4 Å². The van der Waals surface area contributed by atoms with Crippen molar-refractivity contribution in [3.8, 4) is 17.4 Å². The number of hydrogen-bond acceptors (Lipinski definition) is 9. The predicted octanol–water partition coefficient (Wildman–Crippen LogP) is 3.72. The predicted molar refractivity (Wildman–Crippen MR) is 113 cm³/mol. The number of nitro groups is 1. The smallest absolute Gasteiger partial charge is 0.326 e. The number of ether oxygens (including phenoxy) is 2. The van der Waals surface area contributed by atoms with E-state index in [0.29, 0.717) is 45.9 Å². The van der Waals surface area contributed by atoms with Crippen LogP contribution in [0.2, 0.25) is 0 Å². The van der Waals surface area contributed by atoms with E-state index in [9.17, 15) is 10.1 Å². The molecule has 0 aliphatic rings. The number of hydrogen-bond donors (Lipinski definition) is 1. The number of benzene rings is 1. The summed E-state index contributed by atoms with van der Waals surface area (Å²) in [7, 11) is 3.16. The molecule has 11 heteroatoms. The Hall–Kier alpha value is -3.73. The molecule has 1 aromatic carbocycles. The fourth-order valence-corrected chi connectivity index (χ4v) is 3.84. The molecule has 0 saturated heterocycles. The molecule has 4 aromatic rings. The van der Waals surface area contributed by atoms with Gasteiger partial charge in [-0.25, -0.2) is 9.97 Å². The van der Waals surface area contributed by atoms with E-state index in [2.05, 4.69) is 20.3 Å². The Morgan fingerprint density at radius 1 is 1.20 bits per heavy atom. The van der Waals surface area contributed by atoms with Gasteiger partial charge in [-0.15, -0.1) is 0 Å². The highest BCUT2D eigenvalue weighted by molar-refractivity contribution is 7.21. The lowest BCUT2D eigenvalue weighted by Crippen LogP contribution is -2.07. The molecule has 0 aliphatic carbocycles. The van der Waals surface area contributed by atoms with Gasteiger partial charge in [-0.2, -0.15) is 4.98 Å². The minimum atomic E-state index is -0.424. The molecule has 0 radical (unpaired) electrons. The number of aryl methyl sites for hydroxylation is 1. The number of imidazole rings is 1. The first-order valence-electron chi connectivity index (χ1n) is 8.91. The minimum absolute atomic E-state index is 0.00738. The number of rotatable bonds is 7. The van der Waals surface area contributed by atoms with Crippen LogP contribution in [-0.2, 0) is 6.54 Å². The van der Waals surface area contributed by atoms with E-state index in [1.165, 1.54) is 6.07 Å². The van der Waals surface area contributed by atoms with E-state index < -0.39 is 4.92 Å². The standard InChI is InChI=1S/C19H18N6O4S/c1-11-20-6-7-24(11)19-22-17(13-9-16(25(26)27)30-18(13)23-19)21-10-12-4-5-14(28-2)15(8-12)29-3/h4-9H,10H2,1-3H3,(H,21,22,23). The minimum Gasteiger partial charge on any atom is -0.493 e. The van der Waals surface area contributed by atoms with Gasteiger partial charge in [0.1, 0.15) is 16.5 Å². The molecule has 3 heterocycles. The van der Waals surface area contributed by atoms with Crippen LogP contribution in [0.25, 0.3) is 16.2 Å². The van der Waals surface area contributed by atoms with Crippen LogP contribution in [0.15, 0.2) is 36.7 Å². The van der Waals surface area contributed by atoms with Crippen LogP contribution in [-0.4, -0.2) is 38.7 Å². The Morgan fingerprint density at radius 2 is 2.00 bits per heavy atom. The van der Waals surface area contributed by atoms with E-state index in [0.717, 1.165) is 16.9 Å². The van der Waals surface area contributed by atoms with Crippen LogP contribution >= 0.6 is 11.3 Å². The second-order valence-electron chi connectivity index (χ2n) is 6.32. The van der Waals surface area contributed by atoms with E-state index in [4.69, 9.17) is 9.47 Å². The van der Waals surface area contributed by atoms with Crippen LogP contribution in [0.3, 0.4) is 0 Å². The van der Waals surface area contributed by atoms with E-state index in [1.54, 1.807) is 31.2 Å². The van der Waals surface area contributed by atoms with Crippen LogP contribution < -0.4 is 14.8 Å². The highest BCUT2D eigenvalue weighted by Gasteiger charge is 2.19. The summed E-state index contributed by atoms with van der Waals surface area (Å²) in [6.45, 7) is 2.26. The van der Waals surface area contributed by atoms with Gasteiger partial charge in [0.15, 0.2) is 11.5 Å². The van der Waals surface area contributed by atoms with Crippen LogP contribution in [0.5, 0.6) is 11.5 Å². The lowest BCUT2D eigenvalue weighted by Gasteiger charge is -2.12. The van der Waals surface area contributed by atoms with Gasteiger partial charge < -0.3 is 14.8 Å². The third kappa shape index (κ3) is 3.62. The molecule has 1 N–H and O–H groups in total. The van der Waals surface area contributed by atoms with Crippen molar-refractivity contribution in [2.24, 2.45) is 0 Å². The Balaban J connectivity index is 1.73. The molecule has 0 saturated carbocycles. The highest BCUT2D eigenvalue weighted by Crippen LogP contribution is 2.35. The molecule has 30 heavy (non-hydrogen) atoms. The molecule has 4 rings (SSSR count). The Labute approximate surface area is 175 Å². The van der Waals surface area contributed by atoms with E-state index in [-0.39, 0.29) is 5.00 Å². The molecule has 0 aliphatic heterocycles. The molecule has 0 fully saturated rings. The number of methoxy groups -OCH3 is 2. The Bertz CT molecular complexity index is 1240. The van der Waals surface area contributed by atoms with E-state index in [1.807, 2.05) is 25.1 Å². The van der Waals surface area contributed by atoms with Gasteiger partial charge in [0.05, 0.1) is 24.5 Å². The molecule has 0 atom stereocenters. The summed E-state index contributed by atoms with van der Waals surface area (Å²) in [5.74, 6) is 2.86. The summed E-state index contributed by atoms with van der Waals surface area (Å²) in [6, 6.07) is 7.08. The molecule has 3 aromatic heterocycles. The maximum Gasteiger partial charge on any atom is 0.326 e. The van der Waals surface area contributed by atoms with Crippen LogP contribution in [0.4, 0.5) is 10.8 Å². The molecule has 0 spiro atoms. The van der Waals surface area contributed by atoms with Crippen molar-refractivity contribution in [2.45, 2.75) is 13.5 Å². The molecular formula is C19H18N6O4S. The molecule has 0 amide bonds. The maximum atomic E-state index is 11.3. The van der Waals surface area contributed by atoms with Gasteiger partial charge in [-0.05, 0) is 36.0 Å². The molecule has 10 nitrogen and oxygen atoms in total. The molecular weight excluding hydrogens is 408 g/mol. The van der Waals surface area contributed by atoms with Crippen LogP contribution in [0, 0.1) is 17.0 Å². The quantitative estimate of drug-likeness (QED) is 0.351. The number of fused-ring (bicyclic) bond motifs is 1. The summed E-state index contributed by atoms with van der Waals surface area (Å²) < 4.78 is 12.3. The molecule has 154 valence electrons. The summed E-state index contributed by atoms with van der Waals surface area (Å²) in [5.41, 5.74) is 0.935. The van der Waals surface area contributed by atoms with Crippen molar-refractivity contribution >= 4 is 32.4 Å². The fourth-order valence-electron chi connectivity index (χ4n) is 3.00. The van der Waals surface area contributed by atoms with Crippen molar-refractivity contribution < 1.29 is 14.4 Å². The van der Waals surface area contributed by atoms with Crippen molar-refractivity contribution in [3.05, 3.63) is 58.2 Å². The number of anilines is 1. The van der Waals surface area contributed by atoms with Crippen molar-refractivity contribution in [1.82, 2.24) is 19.5 Å². The lowest BCUT2D eigenvalue weighted by molar-refractivity contribution is -0.380. The van der Waals surface area contributed by atoms with Gasteiger partial charge in [-0.3, -0.25) is 14.7 Å². The largest absolute Gasteiger partial charge is 0.493 e. The van der Waals surface area contributed by atoms with E-state index >= 15 is 0 Å². The number of nitrogens with zero attached hydrogens (tertiary/aromatic N) is 5. The number of aromatic nitrogens is 4. The fraction of sp³-hybridized carbons (Fsp3) is 0.211. The van der Waals surface area contributed by atoms with Gasteiger partial charge in [0.25, 0.3) is 0 Å². The number of nitrogens with one attached hydrogen (secondary N) is 1. The van der Waals surface area contributed by atoms with Gasteiger partial charge in [-0.1, -0.05) is 6.07 Å². The molecule has 0 bridgehead atoms. The summed E-state index contributed by atoms with van der Waals surface area (Å²) >= 11 is 1.01. The zero-order chi connectivity index (χ0) is 21.3. The maximum absolute atomic E-state index is 11.3. The SMILES string of the molecule is COc1ccc(CNc2nc(-n3ccnc3C)nc3sc([N+](=O)[O-])cc23)cc1OC. The first kappa shape index (κ1) is 19.6. The lowest BCUT2D eigenvalue weighted by atomic mass is 10.2. The summed E-state index contributed by atoms with van der Waals surface area (Å²) in [6.07, 6.45) is 3.40. The second-order valence-corrected chi connectivity index (χ2v) is 7.33. The van der Waals surface area contributed by atoms with Crippen molar-refractivity contribution in [2.75, 3.05) is 19.5 Å². The third-order valence-corrected chi connectivity index (χ3v) is 5.48. The Kier molecular flexibility index (Phi) is 5.19. The average molecular weight is 426 g/mol.